The van der Waals surface area contributed by atoms with Crippen LogP contribution in [0.15, 0.2) is 36.4 Å². The number of phenols is 1. The highest BCUT2D eigenvalue weighted by molar-refractivity contribution is 6.32. The van der Waals surface area contributed by atoms with Crippen LogP contribution < -0.4 is 0 Å². The summed E-state index contributed by atoms with van der Waals surface area (Å²) >= 11 is 5.85. The Labute approximate surface area is 140 Å². The lowest BCUT2D eigenvalue weighted by Gasteiger charge is -2.37. The van der Waals surface area contributed by atoms with E-state index < -0.39 is 5.60 Å². The first-order chi connectivity index (χ1) is 10.8. The number of aromatic nitrogens is 3. The minimum Gasteiger partial charge on any atom is -0.506 e. The first kappa shape index (κ1) is 16.0. The Bertz CT molecular complexity index is 740. The van der Waals surface area contributed by atoms with Crippen LogP contribution in [0.3, 0.4) is 0 Å². The van der Waals surface area contributed by atoms with E-state index >= 15 is 0 Å². The predicted octanol–water partition coefficient (Wildman–Crippen LogP) is 3.27. The molecule has 1 aliphatic rings. The van der Waals surface area contributed by atoms with Gasteiger partial charge in [-0.1, -0.05) is 37.6 Å². The fraction of sp³-hybridized carbons (Fsp3) is 0.412. The van der Waals surface area contributed by atoms with E-state index in [0.29, 0.717) is 11.6 Å². The van der Waals surface area contributed by atoms with Crippen molar-refractivity contribution >= 4 is 17.7 Å². The van der Waals surface area contributed by atoms with Gasteiger partial charge in [0.25, 0.3) is 0 Å². The Morgan fingerprint density at radius 3 is 2.83 bits per heavy atom. The van der Waals surface area contributed by atoms with Crippen LogP contribution in [-0.2, 0) is 6.54 Å². The monoisotopic (exact) mass is 333 g/mol. The SMILES string of the molecule is CC1(C)CC/C(=C/c2ccc(Cl)c(O)c2)C1(O)Cn1cncn1. The third-order valence-electron chi connectivity index (χ3n) is 4.84. The molecule has 1 atom stereocenters. The topological polar surface area (TPSA) is 71.2 Å². The van der Waals surface area contributed by atoms with E-state index in [0.717, 1.165) is 24.0 Å². The van der Waals surface area contributed by atoms with Gasteiger partial charge in [0, 0.05) is 0 Å². The van der Waals surface area contributed by atoms with Crippen molar-refractivity contribution in [3.05, 3.63) is 47.0 Å². The molecule has 0 aliphatic heterocycles. The summed E-state index contributed by atoms with van der Waals surface area (Å²) in [6.45, 7) is 4.47. The molecule has 1 aromatic carbocycles. The van der Waals surface area contributed by atoms with Crippen molar-refractivity contribution < 1.29 is 10.2 Å². The van der Waals surface area contributed by atoms with Crippen LogP contribution in [0, 0.1) is 5.41 Å². The van der Waals surface area contributed by atoms with Crippen molar-refractivity contribution in [2.75, 3.05) is 0 Å². The summed E-state index contributed by atoms with van der Waals surface area (Å²) in [5.74, 6) is 0.0399. The van der Waals surface area contributed by atoms with Gasteiger partial charge >= 0.3 is 0 Å². The molecule has 2 aromatic rings. The lowest BCUT2D eigenvalue weighted by atomic mass is 9.76. The summed E-state index contributed by atoms with van der Waals surface area (Å²) in [4.78, 5) is 3.95. The quantitative estimate of drug-likeness (QED) is 0.904. The van der Waals surface area contributed by atoms with Crippen LogP contribution in [0.2, 0.25) is 5.02 Å². The zero-order valence-electron chi connectivity index (χ0n) is 13.2. The van der Waals surface area contributed by atoms with E-state index in [4.69, 9.17) is 11.6 Å². The average Bonchev–Trinajstić information content (AvgIpc) is 3.06. The summed E-state index contributed by atoms with van der Waals surface area (Å²) in [6.07, 6.45) is 6.68. The van der Waals surface area contributed by atoms with Gasteiger partial charge in [0.05, 0.1) is 11.6 Å². The predicted molar refractivity (Wildman–Crippen MR) is 89.1 cm³/mol. The lowest BCUT2D eigenvalue weighted by Crippen LogP contribution is -2.45. The van der Waals surface area contributed by atoms with Crippen molar-refractivity contribution in [3.63, 3.8) is 0 Å². The van der Waals surface area contributed by atoms with E-state index in [9.17, 15) is 10.2 Å². The van der Waals surface area contributed by atoms with Crippen LogP contribution in [0.25, 0.3) is 6.08 Å². The second-order valence-electron chi connectivity index (χ2n) is 6.72. The summed E-state index contributed by atoms with van der Waals surface area (Å²) < 4.78 is 1.65. The second kappa shape index (κ2) is 5.65. The number of hydrogen-bond donors (Lipinski definition) is 2. The van der Waals surface area contributed by atoms with Crippen molar-refractivity contribution in [3.8, 4) is 5.75 Å². The van der Waals surface area contributed by atoms with E-state index in [-0.39, 0.29) is 11.2 Å². The Balaban J connectivity index is 1.99. The third kappa shape index (κ3) is 2.86. The van der Waals surface area contributed by atoms with Gasteiger partial charge < -0.3 is 10.2 Å². The Hall–Kier alpha value is -1.85. The van der Waals surface area contributed by atoms with Gasteiger partial charge in [-0.3, -0.25) is 0 Å². The van der Waals surface area contributed by atoms with Gasteiger partial charge in [0.1, 0.15) is 24.0 Å². The highest BCUT2D eigenvalue weighted by atomic mass is 35.5. The molecular formula is C17H20ClN3O2. The molecule has 3 rings (SSSR count). The molecule has 5 nitrogen and oxygen atoms in total. The fourth-order valence-electron chi connectivity index (χ4n) is 3.17. The normalized spacial score (nSPS) is 25.1. The molecule has 2 N–H and O–H groups in total. The fourth-order valence-corrected chi connectivity index (χ4v) is 3.29. The number of aliphatic hydroxyl groups is 1. The molecule has 0 spiro atoms. The van der Waals surface area contributed by atoms with Crippen molar-refractivity contribution in [2.45, 2.75) is 38.8 Å². The summed E-state index contributed by atoms with van der Waals surface area (Å²) in [5.41, 5.74) is 0.450. The van der Waals surface area contributed by atoms with Gasteiger partial charge in [-0.05, 0) is 41.5 Å². The minimum atomic E-state index is -1.02. The summed E-state index contributed by atoms with van der Waals surface area (Å²) in [7, 11) is 0. The first-order valence-corrected chi connectivity index (χ1v) is 7.94. The second-order valence-corrected chi connectivity index (χ2v) is 7.12. The molecule has 1 unspecified atom stereocenters. The van der Waals surface area contributed by atoms with E-state index in [2.05, 4.69) is 23.9 Å². The number of benzene rings is 1. The Kier molecular flexibility index (Phi) is 3.94. The highest BCUT2D eigenvalue weighted by Gasteiger charge is 2.51. The van der Waals surface area contributed by atoms with Crippen molar-refractivity contribution in [1.82, 2.24) is 14.8 Å². The van der Waals surface area contributed by atoms with Crippen molar-refractivity contribution in [2.24, 2.45) is 5.41 Å². The van der Waals surface area contributed by atoms with E-state index in [1.165, 1.54) is 6.33 Å². The summed E-state index contributed by atoms with van der Waals surface area (Å²) in [5, 5.41) is 25.6. The molecule has 0 amide bonds. The van der Waals surface area contributed by atoms with Gasteiger partial charge in [-0.2, -0.15) is 5.10 Å². The smallest absolute Gasteiger partial charge is 0.137 e. The number of rotatable bonds is 3. The van der Waals surface area contributed by atoms with Gasteiger partial charge in [-0.25, -0.2) is 9.67 Å². The first-order valence-electron chi connectivity index (χ1n) is 7.56. The number of hydrogen-bond acceptors (Lipinski definition) is 4. The molecule has 1 aliphatic carbocycles. The van der Waals surface area contributed by atoms with Crippen LogP contribution in [0.5, 0.6) is 5.75 Å². The molecule has 1 aromatic heterocycles. The molecule has 0 saturated heterocycles. The largest absolute Gasteiger partial charge is 0.506 e. The van der Waals surface area contributed by atoms with Gasteiger partial charge in [0.2, 0.25) is 0 Å². The number of nitrogens with zero attached hydrogens (tertiary/aromatic N) is 3. The maximum atomic E-state index is 11.4. The average molecular weight is 334 g/mol. The third-order valence-corrected chi connectivity index (χ3v) is 5.16. The van der Waals surface area contributed by atoms with E-state index in [1.54, 1.807) is 23.1 Å². The highest BCUT2D eigenvalue weighted by Crippen LogP contribution is 2.50. The molecule has 0 radical (unpaired) electrons. The number of phenolic OH excluding ortho intramolecular Hbond substituents is 1. The molecule has 6 heteroatoms. The maximum Gasteiger partial charge on any atom is 0.137 e. The van der Waals surface area contributed by atoms with Crippen LogP contribution in [-0.4, -0.2) is 30.6 Å². The molecule has 122 valence electrons. The van der Waals surface area contributed by atoms with Crippen LogP contribution in [0.1, 0.15) is 32.3 Å². The Morgan fingerprint density at radius 2 is 2.17 bits per heavy atom. The minimum absolute atomic E-state index is 0.0399. The molecule has 1 saturated carbocycles. The summed E-state index contributed by atoms with van der Waals surface area (Å²) in [6, 6.07) is 5.09. The number of halogens is 1. The molecule has 23 heavy (non-hydrogen) atoms. The molecule has 0 bridgehead atoms. The molecular weight excluding hydrogens is 314 g/mol. The molecule has 1 fully saturated rings. The standard InChI is InChI=1S/C17H20ClN3O2/c1-16(2)6-5-13(7-12-3-4-14(18)15(22)8-12)17(16,23)9-21-11-19-10-20-21/h3-4,7-8,10-11,22-23H,5-6,9H2,1-2H3/b13-7-. The Morgan fingerprint density at radius 1 is 1.39 bits per heavy atom. The maximum absolute atomic E-state index is 11.4. The van der Waals surface area contributed by atoms with Crippen molar-refractivity contribution in [1.29, 1.82) is 0 Å². The van der Waals surface area contributed by atoms with Crippen LogP contribution in [0.4, 0.5) is 0 Å². The zero-order chi connectivity index (χ0) is 16.7. The van der Waals surface area contributed by atoms with Gasteiger partial charge in [-0.15, -0.1) is 0 Å². The zero-order valence-corrected chi connectivity index (χ0v) is 14.0. The van der Waals surface area contributed by atoms with Crippen LogP contribution >= 0.6 is 11.6 Å². The lowest BCUT2D eigenvalue weighted by molar-refractivity contribution is -0.0298. The molecule has 1 heterocycles. The van der Waals surface area contributed by atoms with Gasteiger partial charge in [0.15, 0.2) is 0 Å². The number of aromatic hydroxyl groups is 1. The van der Waals surface area contributed by atoms with E-state index in [1.807, 2.05) is 12.1 Å².